The van der Waals surface area contributed by atoms with Crippen molar-refractivity contribution in [2.75, 3.05) is 6.54 Å². The van der Waals surface area contributed by atoms with E-state index in [1.165, 1.54) is 12.1 Å². The second-order valence-corrected chi connectivity index (χ2v) is 7.33. The van der Waals surface area contributed by atoms with E-state index in [0.717, 1.165) is 12.8 Å². The van der Waals surface area contributed by atoms with Gasteiger partial charge in [0, 0.05) is 29.1 Å². The maximum Gasteiger partial charge on any atom is 0.276 e. The molecule has 1 fully saturated rings. The summed E-state index contributed by atoms with van der Waals surface area (Å²) in [6.45, 7) is 2.50. The molecule has 1 saturated heterocycles. The minimum atomic E-state index is -0.609. The van der Waals surface area contributed by atoms with Crippen molar-refractivity contribution in [2.45, 2.75) is 31.7 Å². The van der Waals surface area contributed by atoms with Crippen molar-refractivity contribution in [2.24, 2.45) is 0 Å². The Morgan fingerprint density at radius 1 is 1.21 bits per heavy atom. The van der Waals surface area contributed by atoms with Crippen molar-refractivity contribution >= 4 is 17.5 Å². The molecule has 1 aliphatic heterocycles. The summed E-state index contributed by atoms with van der Waals surface area (Å²) in [5.41, 5.74) is 0.840. The molecule has 3 heterocycles. The molecule has 0 aliphatic carbocycles. The molecule has 2 atom stereocenters. The zero-order valence-corrected chi connectivity index (χ0v) is 15.9. The number of carbonyl (C=O) groups is 1. The van der Waals surface area contributed by atoms with E-state index in [9.17, 15) is 9.18 Å². The Morgan fingerprint density at radius 2 is 2.04 bits per heavy atom. The second-order valence-electron chi connectivity index (χ2n) is 6.89. The summed E-state index contributed by atoms with van der Waals surface area (Å²) >= 11 is 6.03. The van der Waals surface area contributed by atoms with Gasteiger partial charge in [-0.3, -0.25) is 4.79 Å². The summed E-state index contributed by atoms with van der Waals surface area (Å²) in [5.74, 6) is -0.0830. The van der Waals surface area contributed by atoms with Crippen LogP contribution in [0.5, 0.6) is 0 Å². The zero-order valence-electron chi connectivity index (χ0n) is 15.2. The summed E-state index contributed by atoms with van der Waals surface area (Å²) in [7, 11) is 0. The Balaban J connectivity index is 1.54. The Kier molecular flexibility index (Phi) is 5.09. The van der Waals surface area contributed by atoms with Gasteiger partial charge in [0.05, 0.1) is 0 Å². The van der Waals surface area contributed by atoms with E-state index >= 15 is 0 Å². The van der Waals surface area contributed by atoms with Crippen LogP contribution in [-0.4, -0.2) is 38.5 Å². The van der Waals surface area contributed by atoms with Gasteiger partial charge in [0.25, 0.3) is 11.8 Å². The molecule has 1 amide bonds. The van der Waals surface area contributed by atoms with E-state index in [1.807, 2.05) is 11.8 Å². The summed E-state index contributed by atoms with van der Waals surface area (Å²) in [6, 6.07) is 11.4. The summed E-state index contributed by atoms with van der Waals surface area (Å²) < 4.78 is 18.6. The van der Waals surface area contributed by atoms with Gasteiger partial charge in [0.15, 0.2) is 5.82 Å². The molecule has 28 heavy (non-hydrogen) atoms. The Hall–Kier alpha value is -2.80. The molecule has 4 rings (SSSR count). The number of halogens is 2. The minimum absolute atomic E-state index is 0.0645. The van der Waals surface area contributed by atoms with Gasteiger partial charge < -0.3 is 9.42 Å². The summed E-state index contributed by atoms with van der Waals surface area (Å²) in [4.78, 5) is 22.9. The molecule has 1 aliphatic rings. The van der Waals surface area contributed by atoms with Crippen molar-refractivity contribution in [3.8, 4) is 11.6 Å². The van der Waals surface area contributed by atoms with Crippen LogP contribution in [0.15, 0.2) is 47.0 Å². The first kappa shape index (κ1) is 18.6. The first-order valence-corrected chi connectivity index (χ1v) is 9.42. The molecule has 0 N–H and O–H groups in total. The van der Waals surface area contributed by atoms with E-state index < -0.39 is 5.95 Å². The lowest BCUT2D eigenvalue weighted by Gasteiger charge is -2.37. The lowest BCUT2D eigenvalue weighted by molar-refractivity contribution is 0.0605. The fourth-order valence-electron chi connectivity index (χ4n) is 3.42. The second kappa shape index (κ2) is 7.67. The largest absolute Gasteiger partial charge is 0.335 e. The molecule has 0 radical (unpaired) electrons. The number of hydrogen-bond donors (Lipinski definition) is 0. The van der Waals surface area contributed by atoms with Gasteiger partial charge in [-0.1, -0.05) is 28.9 Å². The quantitative estimate of drug-likeness (QED) is 0.612. The molecule has 6 nitrogen and oxygen atoms in total. The van der Waals surface area contributed by atoms with Gasteiger partial charge in [-0.25, -0.2) is 4.98 Å². The maximum atomic E-state index is 13.3. The van der Waals surface area contributed by atoms with Crippen molar-refractivity contribution in [3.05, 3.63) is 64.8 Å². The third-order valence-corrected chi connectivity index (χ3v) is 5.19. The third kappa shape index (κ3) is 3.75. The van der Waals surface area contributed by atoms with Crippen LogP contribution >= 0.6 is 11.6 Å². The molecule has 0 bridgehead atoms. The summed E-state index contributed by atoms with van der Waals surface area (Å²) in [5, 5.41) is 4.57. The van der Waals surface area contributed by atoms with Crippen LogP contribution in [0, 0.1) is 5.95 Å². The van der Waals surface area contributed by atoms with E-state index in [0.29, 0.717) is 23.0 Å². The SMILES string of the molecule is C[C@@H]1CCC(c2noc(-c3cccc(F)n3)n2)CN1C(=O)c1cccc(Cl)c1. The average Bonchev–Trinajstić information content (AvgIpc) is 3.18. The number of carbonyl (C=O) groups excluding carboxylic acids is 1. The van der Waals surface area contributed by atoms with Gasteiger partial charge in [-0.2, -0.15) is 9.37 Å². The predicted molar refractivity (Wildman–Crippen MR) is 101 cm³/mol. The molecular formula is C20H18ClFN4O2. The van der Waals surface area contributed by atoms with Gasteiger partial charge in [-0.15, -0.1) is 0 Å². The lowest BCUT2D eigenvalue weighted by Crippen LogP contribution is -2.45. The summed E-state index contributed by atoms with van der Waals surface area (Å²) in [6.07, 6.45) is 1.65. The maximum absolute atomic E-state index is 13.3. The van der Waals surface area contributed by atoms with E-state index in [4.69, 9.17) is 16.1 Å². The number of likely N-dealkylation sites (tertiary alicyclic amines) is 1. The lowest BCUT2D eigenvalue weighted by atomic mass is 9.92. The van der Waals surface area contributed by atoms with Crippen LogP contribution in [-0.2, 0) is 0 Å². The van der Waals surface area contributed by atoms with E-state index in [1.54, 1.807) is 30.3 Å². The Labute approximate surface area is 166 Å². The fourth-order valence-corrected chi connectivity index (χ4v) is 3.61. The van der Waals surface area contributed by atoms with Crippen molar-refractivity contribution in [1.29, 1.82) is 0 Å². The molecule has 0 saturated carbocycles. The average molecular weight is 401 g/mol. The van der Waals surface area contributed by atoms with Crippen molar-refractivity contribution < 1.29 is 13.7 Å². The van der Waals surface area contributed by atoms with Crippen molar-refractivity contribution in [1.82, 2.24) is 20.0 Å². The monoisotopic (exact) mass is 400 g/mol. The standard InChI is InChI=1S/C20H18ClFN4O2/c1-12-8-9-14(11-26(12)20(27)13-4-2-5-15(21)10-13)18-24-19(28-25-18)16-6-3-7-17(22)23-16/h2-7,10,12,14H,8-9,11H2,1H3/t12-,14?/m1/s1. The highest BCUT2D eigenvalue weighted by atomic mass is 35.5. The highest BCUT2D eigenvalue weighted by Crippen LogP contribution is 2.31. The van der Waals surface area contributed by atoms with Gasteiger partial charge in [-0.05, 0) is 50.1 Å². The highest BCUT2D eigenvalue weighted by molar-refractivity contribution is 6.30. The predicted octanol–water partition coefficient (Wildman–Crippen LogP) is 4.33. The Bertz CT molecular complexity index is 1010. The first-order valence-electron chi connectivity index (χ1n) is 9.04. The number of aromatic nitrogens is 3. The molecule has 1 aromatic carbocycles. The number of piperidine rings is 1. The smallest absolute Gasteiger partial charge is 0.276 e. The van der Waals surface area contributed by atoms with Crippen molar-refractivity contribution in [3.63, 3.8) is 0 Å². The van der Waals surface area contributed by atoms with Gasteiger partial charge in [0.1, 0.15) is 5.69 Å². The molecule has 8 heteroatoms. The van der Waals surface area contributed by atoms with Crippen LogP contribution in [0.4, 0.5) is 4.39 Å². The normalized spacial score (nSPS) is 19.6. The molecule has 0 spiro atoms. The first-order chi connectivity index (χ1) is 13.5. The Morgan fingerprint density at radius 3 is 2.82 bits per heavy atom. The third-order valence-electron chi connectivity index (χ3n) is 4.96. The van der Waals surface area contributed by atoms with Gasteiger partial charge in [0.2, 0.25) is 5.95 Å². The molecule has 144 valence electrons. The van der Waals surface area contributed by atoms with Crippen LogP contribution < -0.4 is 0 Å². The number of pyridine rings is 1. The minimum Gasteiger partial charge on any atom is -0.335 e. The topological polar surface area (TPSA) is 72.1 Å². The van der Waals surface area contributed by atoms with Crippen LogP contribution in [0.2, 0.25) is 5.02 Å². The molecule has 3 aromatic rings. The van der Waals surface area contributed by atoms with E-state index in [2.05, 4.69) is 15.1 Å². The fraction of sp³-hybridized carbons (Fsp3) is 0.300. The van der Waals surface area contributed by atoms with Crippen LogP contribution in [0.3, 0.4) is 0 Å². The zero-order chi connectivity index (χ0) is 19.7. The molecule has 2 aromatic heterocycles. The van der Waals surface area contributed by atoms with E-state index in [-0.39, 0.29) is 29.5 Å². The number of nitrogens with zero attached hydrogens (tertiary/aromatic N) is 4. The molecule has 1 unspecified atom stereocenters. The molecular weight excluding hydrogens is 383 g/mol. The number of benzene rings is 1. The number of amides is 1. The number of hydrogen-bond acceptors (Lipinski definition) is 5. The van der Waals surface area contributed by atoms with Crippen LogP contribution in [0.1, 0.15) is 41.9 Å². The van der Waals surface area contributed by atoms with Gasteiger partial charge >= 0.3 is 0 Å². The highest BCUT2D eigenvalue weighted by Gasteiger charge is 2.33. The number of rotatable bonds is 3. The van der Waals surface area contributed by atoms with Crippen LogP contribution in [0.25, 0.3) is 11.6 Å².